The van der Waals surface area contributed by atoms with Gasteiger partial charge in [-0.3, -0.25) is 14.4 Å². The number of anilines is 1. The number of hydrogen-bond donors (Lipinski definition) is 2. The molecule has 0 fully saturated rings. The van der Waals surface area contributed by atoms with Crippen molar-refractivity contribution in [2.75, 3.05) is 24.3 Å². The van der Waals surface area contributed by atoms with Crippen LogP contribution in [-0.4, -0.2) is 53.5 Å². The lowest BCUT2D eigenvalue weighted by molar-refractivity contribution is -0.139. The molecule has 2 unspecified atom stereocenters. The summed E-state index contributed by atoms with van der Waals surface area (Å²) in [5.74, 6) is -1.37. The van der Waals surface area contributed by atoms with Crippen molar-refractivity contribution in [3.63, 3.8) is 0 Å². The molecule has 0 aliphatic carbocycles. The van der Waals surface area contributed by atoms with Crippen LogP contribution in [-0.2, 0) is 19.1 Å². The number of amides is 1. The molecule has 1 aliphatic heterocycles. The highest BCUT2D eigenvalue weighted by Gasteiger charge is 2.32. The number of thioether (sulfide) groups is 1. The third kappa shape index (κ3) is 7.60. The first kappa shape index (κ1) is 30.6. The van der Waals surface area contributed by atoms with Gasteiger partial charge in [0.1, 0.15) is 24.5 Å². The summed E-state index contributed by atoms with van der Waals surface area (Å²) < 4.78 is 6.19. The van der Waals surface area contributed by atoms with Gasteiger partial charge in [0.05, 0.1) is 5.25 Å². The molecule has 208 valence electrons. The minimum atomic E-state index is -1.14. The van der Waals surface area contributed by atoms with Crippen LogP contribution in [0.3, 0.4) is 0 Å². The SMILES string of the molecule is CC(C)(C)CN1C(=O)COC(c2cccc3ccccc23)c2cc(Cl)ccc21.CSC(C(C)=O)[C@H](N)C(=O)O. The van der Waals surface area contributed by atoms with E-state index >= 15 is 0 Å². The molecular formula is C30H35ClN2O5S. The number of halogens is 1. The molecular weight excluding hydrogens is 536 g/mol. The highest BCUT2D eigenvalue weighted by atomic mass is 35.5. The Morgan fingerprint density at radius 3 is 2.38 bits per heavy atom. The summed E-state index contributed by atoms with van der Waals surface area (Å²) in [5.41, 5.74) is 8.05. The number of benzene rings is 3. The predicted molar refractivity (Wildman–Crippen MR) is 159 cm³/mol. The van der Waals surface area contributed by atoms with Crippen LogP contribution in [0.15, 0.2) is 60.7 Å². The molecule has 3 aromatic carbocycles. The second-order valence-electron chi connectivity index (χ2n) is 10.6. The number of ether oxygens (including phenoxy) is 1. The lowest BCUT2D eigenvalue weighted by Gasteiger charge is -2.30. The van der Waals surface area contributed by atoms with Crippen LogP contribution in [0.25, 0.3) is 10.8 Å². The Labute approximate surface area is 238 Å². The molecule has 3 atom stereocenters. The zero-order valence-electron chi connectivity index (χ0n) is 22.8. The summed E-state index contributed by atoms with van der Waals surface area (Å²) in [5, 5.41) is 10.7. The molecule has 3 aromatic rings. The van der Waals surface area contributed by atoms with Gasteiger partial charge in [-0.2, -0.15) is 11.8 Å². The standard InChI is InChI=1S/C24H24ClNO2.C6H11NO3S/c1-24(2,3)15-26-21-12-11-17(25)13-20(21)23(28-14-22(26)27)19-10-6-8-16-7-4-5-9-18(16)19;1-3(8)5(11-2)4(7)6(9)10/h4-13,23H,14-15H2,1-3H3;4-5H,7H2,1-2H3,(H,9,10)/t;4-,5?/m.0/s1. The Bertz CT molecular complexity index is 1350. The Morgan fingerprint density at radius 2 is 1.79 bits per heavy atom. The van der Waals surface area contributed by atoms with Crippen LogP contribution < -0.4 is 10.6 Å². The van der Waals surface area contributed by atoms with Gasteiger partial charge >= 0.3 is 5.97 Å². The summed E-state index contributed by atoms with van der Waals surface area (Å²) in [6.07, 6.45) is 1.31. The highest BCUT2D eigenvalue weighted by molar-refractivity contribution is 8.00. The monoisotopic (exact) mass is 570 g/mol. The lowest BCUT2D eigenvalue weighted by atomic mass is 9.93. The number of ketones is 1. The van der Waals surface area contributed by atoms with E-state index in [9.17, 15) is 14.4 Å². The Balaban J connectivity index is 0.000000325. The van der Waals surface area contributed by atoms with Gasteiger partial charge in [-0.05, 0) is 53.1 Å². The van der Waals surface area contributed by atoms with Gasteiger partial charge in [-0.25, -0.2) is 0 Å². The van der Waals surface area contributed by atoms with Gasteiger partial charge in [0, 0.05) is 22.8 Å². The number of rotatable bonds is 6. The maximum Gasteiger partial charge on any atom is 0.322 e. The Hall–Kier alpha value is -2.91. The van der Waals surface area contributed by atoms with Crippen molar-refractivity contribution in [3.8, 4) is 0 Å². The fourth-order valence-corrected chi connectivity index (χ4v) is 5.44. The molecule has 1 heterocycles. The minimum absolute atomic E-state index is 0.0266. The molecule has 1 amide bonds. The van der Waals surface area contributed by atoms with E-state index in [2.05, 4.69) is 45.0 Å². The van der Waals surface area contributed by atoms with Crippen molar-refractivity contribution < 1.29 is 24.2 Å². The average Bonchev–Trinajstić information content (AvgIpc) is 2.99. The smallest absolute Gasteiger partial charge is 0.322 e. The van der Waals surface area contributed by atoms with Gasteiger partial charge in [0.15, 0.2) is 0 Å². The molecule has 0 radical (unpaired) electrons. The van der Waals surface area contributed by atoms with Crippen LogP contribution in [0, 0.1) is 5.41 Å². The van der Waals surface area contributed by atoms with Crippen LogP contribution in [0.5, 0.6) is 0 Å². The number of Topliss-reactive ketones (excluding diaryl/α,β-unsaturated/α-hetero) is 1. The van der Waals surface area contributed by atoms with Crippen molar-refractivity contribution >= 4 is 57.5 Å². The molecule has 7 nitrogen and oxygen atoms in total. The third-order valence-electron chi connectivity index (χ3n) is 6.24. The molecule has 39 heavy (non-hydrogen) atoms. The first-order valence-electron chi connectivity index (χ1n) is 12.5. The fourth-order valence-electron chi connectivity index (χ4n) is 4.52. The van der Waals surface area contributed by atoms with Crippen LogP contribution in [0.1, 0.15) is 44.9 Å². The zero-order valence-corrected chi connectivity index (χ0v) is 24.4. The largest absolute Gasteiger partial charge is 0.480 e. The van der Waals surface area contributed by atoms with Gasteiger partial charge in [-0.1, -0.05) is 74.8 Å². The number of carboxylic acids is 1. The second kappa shape index (κ2) is 13.0. The summed E-state index contributed by atoms with van der Waals surface area (Å²) in [6, 6.07) is 19.0. The normalized spacial score (nSPS) is 16.9. The maximum absolute atomic E-state index is 12.9. The number of nitrogens with two attached hydrogens (primary N) is 1. The fraction of sp³-hybridized carbons (Fsp3) is 0.367. The van der Waals surface area contributed by atoms with Gasteiger partial charge in [-0.15, -0.1) is 0 Å². The molecule has 4 rings (SSSR count). The second-order valence-corrected chi connectivity index (χ2v) is 12.0. The topological polar surface area (TPSA) is 110 Å². The number of nitrogens with zero attached hydrogens (tertiary/aromatic N) is 1. The number of carbonyl (C=O) groups is 3. The molecule has 0 saturated heterocycles. The van der Waals surface area contributed by atoms with E-state index in [-0.39, 0.29) is 29.8 Å². The van der Waals surface area contributed by atoms with E-state index in [1.54, 1.807) is 6.26 Å². The van der Waals surface area contributed by atoms with Gasteiger partial charge < -0.3 is 20.5 Å². The maximum atomic E-state index is 12.9. The molecule has 0 aromatic heterocycles. The quantitative estimate of drug-likeness (QED) is 0.390. The summed E-state index contributed by atoms with van der Waals surface area (Å²) in [4.78, 5) is 35.9. The summed E-state index contributed by atoms with van der Waals surface area (Å²) >= 11 is 7.52. The van der Waals surface area contributed by atoms with Crippen molar-refractivity contribution in [1.82, 2.24) is 0 Å². The van der Waals surface area contributed by atoms with E-state index in [4.69, 9.17) is 27.2 Å². The Kier molecular flexibility index (Phi) is 10.2. The molecule has 1 aliphatic rings. The molecule has 0 saturated carbocycles. The van der Waals surface area contributed by atoms with Crippen molar-refractivity contribution in [3.05, 3.63) is 76.8 Å². The first-order chi connectivity index (χ1) is 18.3. The van der Waals surface area contributed by atoms with E-state index in [0.717, 1.165) is 39.3 Å². The number of fused-ring (bicyclic) bond motifs is 2. The molecule has 0 spiro atoms. The van der Waals surface area contributed by atoms with Gasteiger partial charge in [0.25, 0.3) is 5.91 Å². The number of carboxylic acid groups (broad SMARTS) is 1. The van der Waals surface area contributed by atoms with Crippen LogP contribution in [0.2, 0.25) is 5.02 Å². The summed E-state index contributed by atoms with van der Waals surface area (Å²) in [6.45, 7) is 8.38. The van der Waals surface area contributed by atoms with Crippen LogP contribution in [0.4, 0.5) is 5.69 Å². The molecule has 3 N–H and O–H groups in total. The van der Waals surface area contributed by atoms with E-state index in [0.29, 0.717) is 11.6 Å². The van der Waals surface area contributed by atoms with Crippen molar-refractivity contribution in [2.45, 2.75) is 45.1 Å². The van der Waals surface area contributed by atoms with E-state index < -0.39 is 17.3 Å². The number of carbonyl (C=O) groups excluding carboxylic acids is 2. The Morgan fingerprint density at radius 1 is 1.13 bits per heavy atom. The van der Waals surface area contributed by atoms with Crippen LogP contribution >= 0.6 is 23.4 Å². The van der Waals surface area contributed by atoms with E-state index in [1.807, 2.05) is 41.3 Å². The molecule has 0 bridgehead atoms. The summed E-state index contributed by atoms with van der Waals surface area (Å²) in [7, 11) is 0. The van der Waals surface area contributed by atoms with Crippen molar-refractivity contribution in [2.24, 2.45) is 11.1 Å². The average molecular weight is 571 g/mol. The highest BCUT2D eigenvalue weighted by Crippen LogP contribution is 2.40. The number of hydrogen-bond acceptors (Lipinski definition) is 6. The lowest BCUT2D eigenvalue weighted by Crippen LogP contribution is -2.43. The number of aliphatic carboxylic acids is 1. The predicted octanol–water partition coefficient (Wildman–Crippen LogP) is 5.71. The first-order valence-corrected chi connectivity index (χ1v) is 14.2. The minimum Gasteiger partial charge on any atom is -0.480 e. The van der Waals surface area contributed by atoms with E-state index in [1.165, 1.54) is 6.92 Å². The molecule has 9 heteroatoms. The third-order valence-corrected chi connectivity index (χ3v) is 7.61. The zero-order chi connectivity index (χ0) is 28.9. The van der Waals surface area contributed by atoms with Gasteiger partial charge in [0.2, 0.25) is 0 Å². The van der Waals surface area contributed by atoms with Crippen molar-refractivity contribution in [1.29, 1.82) is 0 Å².